The first-order chi connectivity index (χ1) is 9.25. The number of nitrogen functional groups attached to an aromatic ring is 1. The Morgan fingerprint density at radius 3 is 2.68 bits per heavy atom. The van der Waals surface area contributed by atoms with Crippen molar-refractivity contribution < 1.29 is 0 Å². The second-order valence-electron chi connectivity index (χ2n) is 4.55. The molecule has 1 heterocycles. The van der Waals surface area contributed by atoms with Crippen molar-refractivity contribution in [2.75, 3.05) is 11.1 Å². The van der Waals surface area contributed by atoms with Crippen LogP contribution in [-0.4, -0.2) is 4.98 Å². The van der Waals surface area contributed by atoms with Crippen LogP contribution in [0.25, 0.3) is 10.8 Å². The van der Waals surface area contributed by atoms with Crippen molar-refractivity contribution in [3.63, 3.8) is 0 Å². The van der Waals surface area contributed by atoms with Crippen LogP contribution < -0.4 is 11.1 Å². The number of rotatable bonds is 2. The van der Waals surface area contributed by atoms with Crippen molar-refractivity contribution in [3.8, 4) is 0 Å². The quantitative estimate of drug-likeness (QED) is 0.678. The largest absolute Gasteiger partial charge is 0.398 e. The van der Waals surface area contributed by atoms with E-state index in [0.29, 0.717) is 0 Å². The minimum absolute atomic E-state index is 0.795. The molecule has 3 heteroatoms. The van der Waals surface area contributed by atoms with Gasteiger partial charge in [-0.3, -0.25) is 4.98 Å². The maximum atomic E-state index is 5.93. The van der Waals surface area contributed by atoms with E-state index < -0.39 is 0 Å². The molecule has 3 N–H and O–H groups in total. The summed E-state index contributed by atoms with van der Waals surface area (Å²) in [5.74, 6) is 0. The van der Waals surface area contributed by atoms with Gasteiger partial charge < -0.3 is 11.1 Å². The Morgan fingerprint density at radius 2 is 1.79 bits per heavy atom. The van der Waals surface area contributed by atoms with Crippen LogP contribution in [-0.2, 0) is 0 Å². The SMILES string of the molecule is Cc1c(N)cccc1Nc1cccc2ccncc12. The zero-order valence-electron chi connectivity index (χ0n) is 10.7. The molecule has 0 atom stereocenters. The Morgan fingerprint density at radius 1 is 1.00 bits per heavy atom. The average Bonchev–Trinajstić information content (AvgIpc) is 2.44. The van der Waals surface area contributed by atoms with Gasteiger partial charge in [0, 0.05) is 34.8 Å². The lowest BCUT2D eigenvalue weighted by Crippen LogP contribution is -1.97. The fraction of sp³-hybridized carbons (Fsp3) is 0.0625. The minimum Gasteiger partial charge on any atom is -0.398 e. The predicted molar refractivity (Wildman–Crippen MR) is 80.6 cm³/mol. The van der Waals surface area contributed by atoms with Gasteiger partial charge in [-0.25, -0.2) is 0 Å². The van der Waals surface area contributed by atoms with Gasteiger partial charge in [0.1, 0.15) is 0 Å². The first-order valence-electron chi connectivity index (χ1n) is 6.20. The first-order valence-corrected chi connectivity index (χ1v) is 6.20. The van der Waals surface area contributed by atoms with Crippen LogP contribution in [0.4, 0.5) is 17.1 Å². The highest BCUT2D eigenvalue weighted by Crippen LogP contribution is 2.28. The lowest BCUT2D eigenvalue weighted by atomic mass is 10.1. The molecule has 0 aliphatic carbocycles. The zero-order chi connectivity index (χ0) is 13.2. The van der Waals surface area contributed by atoms with Crippen LogP contribution in [0, 0.1) is 6.92 Å². The van der Waals surface area contributed by atoms with E-state index in [1.165, 1.54) is 5.39 Å². The number of hydrogen-bond acceptors (Lipinski definition) is 3. The van der Waals surface area contributed by atoms with Crippen LogP contribution in [0.15, 0.2) is 54.9 Å². The number of anilines is 3. The Labute approximate surface area is 112 Å². The highest BCUT2D eigenvalue weighted by Gasteiger charge is 2.04. The Balaban J connectivity index is 2.09. The molecule has 0 bridgehead atoms. The number of benzene rings is 2. The number of nitrogens with two attached hydrogens (primary N) is 1. The van der Waals surface area contributed by atoms with E-state index in [-0.39, 0.29) is 0 Å². The molecule has 0 fully saturated rings. The molecule has 3 nitrogen and oxygen atoms in total. The Hall–Kier alpha value is -2.55. The number of aromatic nitrogens is 1. The Kier molecular flexibility index (Phi) is 2.80. The smallest absolute Gasteiger partial charge is 0.0479 e. The maximum absolute atomic E-state index is 5.93. The van der Waals surface area contributed by atoms with Crippen molar-refractivity contribution in [1.82, 2.24) is 4.98 Å². The fourth-order valence-corrected chi connectivity index (χ4v) is 2.16. The van der Waals surface area contributed by atoms with Crippen molar-refractivity contribution in [2.24, 2.45) is 0 Å². The normalized spacial score (nSPS) is 10.6. The first kappa shape index (κ1) is 11.5. The maximum Gasteiger partial charge on any atom is 0.0479 e. The summed E-state index contributed by atoms with van der Waals surface area (Å²) in [6.07, 6.45) is 3.68. The highest BCUT2D eigenvalue weighted by atomic mass is 14.9. The van der Waals surface area contributed by atoms with Gasteiger partial charge in [-0.1, -0.05) is 18.2 Å². The summed E-state index contributed by atoms with van der Waals surface area (Å²) in [6, 6.07) is 14.1. The van der Waals surface area contributed by atoms with Crippen LogP contribution in [0.3, 0.4) is 0 Å². The lowest BCUT2D eigenvalue weighted by Gasteiger charge is -2.13. The molecule has 0 aliphatic rings. The number of fused-ring (bicyclic) bond motifs is 1. The second-order valence-corrected chi connectivity index (χ2v) is 4.55. The van der Waals surface area contributed by atoms with Crippen molar-refractivity contribution >= 4 is 27.8 Å². The topological polar surface area (TPSA) is 50.9 Å². The van der Waals surface area contributed by atoms with Crippen molar-refractivity contribution in [3.05, 3.63) is 60.4 Å². The third-order valence-corrected chi connectivity index (χ3v) is 3.33. The monoisotopic (exact) mass is 249 g/mol. The van der Waals surface area contributed by atoms with E-state index >= 15 is 0 Å². The summed E-state index contributed by atoms with van der Waals surface area (Å²) in [4.78, 5) is 4.19. The van der Waals surface area contributed by atoms with E-state index in [9.17, 15) is 0 Å². The van der Waals surface area contributed by atoms with Gasteiger partial charge >= 0.3 is 0 Å². The van der Waals surface area contributed by atoms with Crippen LogP contribution in [0.5, 0.6) is 0 Å². The predicted octanol–water partition coefficient (Wildman–Crippen LogP) is 3.87. The molecule has 3 rings (SSSR count). The molecular formula is C16H15N3. The van der Waals surface area contributed by atoms with Gasteiger partial charge in [0.2, 0.25) is 0 Å². The average molecular weight is 249 g/mol. The lowest BCUT2D eigenvalue weighted by molar-refractivity contribution is 1.36. The third-order valence-electron chi connectivity index (χ3n) is 3.33. The van der Waals surface area contributed by atoms with Crippen molar-refractivity contribution in [2.45, 2.75) is 6.92 Å². The molecule has 94 valence electrons. The number of pyridine rings is 1. The van der Waals surface area contributed by atoms with E-state index in [4.69, 9.17) is 5.73 Å². The minimum atomic E-state index is 0.795. The molecule has 0 amide bonds. The van der Waals surface area contributed by atoms with Gasteiger partial charge in [-0.2, -0.15) is 0 Å². The molecule has 0 aliphatic heterocycles. The summed E-state index contributed by atoms with van der Waals surface area (Å²) in [7, 11) is 0. The molecule has 3 aromatic rings. The standard InChI is InChI=1S/C16H15N3/c1-11-14(17)5-3-6-15(11)19-16-7-2-4-12-8-9-18-10-13(12)16/h2-10,19H,17H2,1H3. The van der Waals surface area contributed by atoms with Crippen LogP contribution >= 0.6 is 0 Å². The molecule has 0 radical (unpaired) electrons. The fourth-order valence-electron chi connectivity index (χ4n) is 2.16. The van der Waals surface area contributed by atoms with Gasteiger partial charge in [0.25, 0.3) is 0 Å². The van der Waals surface area contributed by atoms with Gasteiger partial charge in [-0.05, 0) is 42.1 Å². The highest BCUT2D eigenvalue weighted by molar-refractivity contribution is 5.95. The third kappa shape index (κ3) is 2.10. The number of nitrogens with zero attached hydrogens (tertiary/aromatic N) is 1. The van der Waals surface area contributed by atoms with Gasteiger partial charge in [0.15, 0.2) is 0 Å². The van der Waals surface area contributed by atoms with E-state index in [2.05, 4.69) is 16.4 Å². The Bertz CT molecular complexity index is 730. The summed E-state index contributed by atoms with van der Waals surface area (Å²) in [5, 5.41) is 5.71. The van der Waals surface area contributed by atoms with Crippen LogP contribution in [0.1, 0.15) is 5.56 Å². The molecular weight excluding hydrogens is 234 g/mol. The molecule has 0 saturated heterocycles. The summed E-state index contributed by atoms with van der Waals surface area (Å²) < 4.78 is 0. The second kappa shape index (κ2) is 4.61. The van der Waals surface area contributed by atoms with Crippen molar-refractivity contribution in [1.29, 1.82) is 0 Å². The number of nitrogens with one attached hydrogen (secondary N) is 1. The molecule has 0 spiro atoms. The molecule has 2 aromatic carbocycles. The van der Waals surface area contributed by atoms with Gasteiger partial charge in [-0.15, -0.1) is 0 Å². The van der Waals surface area contributed by atoms with Gasteiger partial charge in [0.05, 0.1) is 0 Å². The van der Waals surface area contributed by atoms with E-state index in [0.717, 1.165) is 28.0 Å². The summed E-state index contributed by atoms with van der Waals surface area (Å²) in [5.41, 5.74) is 9.85. The van der Waals surface area contributed by atoms with Crippen LogP contribution in [0.2, 0.25) is 0 Å². The zero-order valence-corrected chi connectivity index (χ0v) is 10.7. The number of hydrogen-bond donors (Lipinski definition) is 2. The molecule has 0 unspecified atom stereocenters. The summed E-state index contributed by atoms with van der Waals surface area (Å²) in [6.45, 7) is 2.01. The molecule has 0 saturated carbocycles. The molecule has 1 aromatic heterocycles. The van der Waals surface area contributed by atoms with E-state index in [1.807, 2.05) is 49.5 Å². The van der Waals surface area contributed by atoms with E-state index in [1.54, 1.807) is 6.20 Å². The molecule has 19 heavy (non-hydrogen) atoms. The summed E-state index contributed by atoms with van der Waals surface area (Å²) >= 11 is 0.